The molecule has 0 aromatic heterocycles. The van der Waals surface area contributed by atoms with Gasteiger partial charge in [-0.15, -0.1) is 0 Å². The first kappa shape index (κ1) is 16.3. The number of aryl methyl sites for hydroxylation is 1. The number of aliphatic hydroxyl groups excluding tert-OH is 2. The van der Waals surface area contributed by atoms with Gasteiger partial charge in [-0.1, -0.05) is 12.1 Å². The molecule has 0 aliphatic heterocycles. The van der Waals surface area contributed by atoms with Crippen LogP contribution in [0.4, 0.5) is 4.39 Å². The Labute approximate surface area is 128 Å². The van der Waals surface area contributed by atoms with Crippen LogP contribution in [0.3, 0.4) is 0 Å². The number of hydrogen-bond acceptors (Lipinski definition) is 4. The van der Waals surface area contributed by atoms with E-state index < -0.39 is 5.82 Å². The van der Waals surface area contributed by atoms with Gasteiger partial charge in [-0.25, -0.2) is 4.39 Å². The van der Waals surface area contributed by atoms with Gasteiger partial charge in [-0.2, -0.15) is 0 Å². The summed E-state index contributed by atoms with van der Waals surface area (Å²) in [6, 6.07) is 10.4. The fraction of sp³-hybridized carbons (Fsp3) is 0.294. The van der Waals surface area contributed by atoms with Crippen molar-refractivity contribution in [3.63, 3.8) is 0 Å². The van der Waals surface area contributed by atoms with Gasteiger partial charge < -0.3 is 19.7 Å². The molecule has 2 N–H and O–H groups in total. The third-order valence-electron chi connectivity index (χ3n) is 3.11. The third kappa shape index (κ3) is 3.96. The lowest BCUT2D eigenvalue weighted by Crippen LogP contribution is -2.04. The molecule has 0 aliphatic carbocycles. The molecule has 0 saturated heterocycles. The molecule has 0 fully saturated rings. The molecule has 0 bridgehead atoms. The molecule has 0 saturated carbocycles. The third-order valence-corrected chi connectivity index (χ3v) is 3.11. The van der Waals surface area contributed by atoms with Crippen LogP contribution in [0, 0.1) is 12.7 Å². The van der Waals surface area contributed by atoms with E-state index in [4.69, 9.17) is 19.7 Å². The van der Waals surface area contributed by atoms with E-state index in [0.717, 1.165) is 11.1 Å². The van der Waals surface area contributed by atoms with Crippen molar-refractivity contribution >= 4 is 0 Å². The number of ether oxygens (including phenoxy) is 2. The van der Waals surface area contributed by atoms with Gasteiger partial charge in [-0.05, 0) is 47.9 Å². The molecule has 22 heavy (non-hydrogen) atoms. The standard InChI is InChI=1S/C17H19FO4/c1-12-10-14(11-16(18)17(12)22-9-7-20)13-2-4-15(5-3-13)21-8-6-19/h2-5,10-11,19-20H,6-9H2,1H3. The highest BCUT2D eigenvalue weighted by atomic mass is 19.1. The maximum atomic E-state index is 14.1. The van der Waals surface area contributed by atoms with E-state index in [1.54, 1.807) is 19.1 Å². The fourth-order valence-electron chi connectivity index (χ4n) is 2.14. The second-order valence-corrected chi connectivity index (χ2v) is 4.77. The van der Waals surface area contributed by atoms with E-state index in [2.05, 4.69) is 0 Å². The first-order chi connectivity index (χ1) is 10.7. The van der Waals surface area contributed by atoms with Crippen LogP contribution < -0.4 is 9.47 Å². The topological polar surface area (TPSA) is 58.9 Å². The number of rotatable bonds is 7. The lowest BCUT2D eigenvalue weighted by molar-refractivity contribution is 0.195. The van der Waals surface area contributed by atoms with E-state index in [9.17, 15) is 4.39 Å². The minimum Gasteiger partial charge on any atom is -0.491 e. The van der Waals surface area contributed by atoms with Gasteiger partial charge in [0.25, 0.3) is 0 Å². The SMILES string of the molecule is Cc1cc(-c2ccc(OCCO)cc2)cc(F)c1OCCO. The van der Waals surface area contributed by atoms with Crippen molar-refractivity contribution in [2.24, 2.45) is 0 Å². The largest absolute Gasteiger partial charge is 0.491 e. The summed E-state index contributed by atoms with van der Waals surface area (Å²) in [5, 5.41) is 17.5. The Hall–Kier alpha value is -2.11. The Morgan fingerprint density at radius 3 is 2.14 bits per heavy atom. The lowest BCUT2D eigenvalue weighted by atomic mass is 10.0. The summed E-state index contributed by atoms with van der Waals surface area (Å²) in [4.78, 5) is 0. The van der Waals surface area contributed by atoms with Gasteiger partial charge in [0.15, 0.2) is 11.6 Å². The summed E-state index contributed by atoms with van der Waals surface area (Å²) in [7, 11) is 0. The Morgan fingerprint density at radius 2 is 1.55 bits per heavy atom. The Bertz CT molecular complexity index is 588. The van der Waals surface area contributed by atoms with Gasteiger partial charge in [0, 0.05) is 0 Å². The Morgan fingerprint density at radius 1 is 0.909 bits per heavy atom. The van der Waals surface area contributed by atoms with Crippen LogP contribution in [0.25, 0.3) is 11.1 Å². The zero-order valence-electron chi connectivity index (χ0n) is 12.4. The average molecular weight is 306 g/mol. The summed E-state index contributed by atoms with van der Waals surface area (Å²) in [6.45, 7) is 1.87. The van der Waals surface area contributed by atoms with E-state index >= 15 is 0 Å². The van der Waals surface area contributed by atoms with Crippen molar-refractivity contribution in [3.05, 3.63) is 47.8 Å². The number of halogens is 1. The first-order valence-electron chi connectivity index (χ1n) is 7.03. The second kappa shape index (κ2) is 7.77. The van der Waals surface area contributed by atoms with Crippen molar-refractivity contribution in [2.75, 3.05) is 26.4 Å². The highest BCUT2D eigenvalue weighted by Crippen LogP contribution is 2.30. The predicted molar refractivity (Wildman–Crippen MR) is 81.7 cm³/mol. The molecule has 0 radical (unpaired) electrons. The van der Waals surface area contributed by atoms with Crippen LogP contribution in [0.1, 0.15) is 5.56 Å². The van der Waals surface area contributed by atoms with E-state index in [1.807, 2.05) is 18.2 Å². The smallest absolute Gasteiger partial charge is 0.165 e. The maximum Gasteiger partial charge on any atom is 0.165 e. The molecule has 0 aliphatic rings. The lowest BCUT2D eigenvalue weighted by Gasteiger charge is -2.12. The molecule has 0 atom stereocenters. The van der Waals surface area contributed by atoms with Crippen LogP contribution in [-0.2, 0) is 0 Å². The zero-order chi connectivity index (χ0) is 15.9. The van der Waals surface area contributed by atoms with Crippen molar-refractivity contribution in [3.8, 4) is 22.6 Å². The maximum absolute atomic E-state index is 14.1. The van der Waals surface area contributed by atoms with Crippen molar-refractivity contribution in [1.82, 2.24) is 0 Å². The van der Waals surface area contributed by atoms with Gasteiger partial charge >= 0.3 is 0 Å². The number of benzene rings is 2. The minimum absolute atomic E-state index is 0.0402. The molecule has 5 heteroatoms. The molecule has 0 heterocycles. The highest BCUT2D eigenvalue weighted by Gasteiger charge is 2.10. The number of hydrogen-bond donors (Lipinski definition) is 2. The predicted octanol–water partition coefficient (Wildman–Crippen LogP) is 2.54. The summed E-state index contributed by atoms with van der Waals surface area (Å²) in [6.07, 6.45) is 0. The van der Waals surface area contributed by atoms with E-state index in [0.29, 0.717) is 11.3 Å². The van der Waals surface area contributed by atoms with Gasteiger partial charge in [0.1, 0.15) is 19.0 Å². The average Bonchev–Trinajstić information content (AvgIpc) is 2.52. The quantitative estimate of drug-likeness (QED) is 0.825. The van der Waals surface area contributed by atoms with Crippen LogP contribution in [0.5, 0.6) is 11.5 Å². The molecule has 2 aromatic rings. The second-order valence-electron chi connectivity index (χ2n) is 4.77. The van der Waals surface area contributed by atoms with Crippen LogP contribution in [-0.4, -0.2) is 36.6 Å². The van der Waals surface area contributed by atoms with Gasteiger partial charge in [0.2, 0.25) is 0 Å². The molecule has 2 aromatic carbocycles. The van der Waals surface area contributed by atoms with E-state index in [1.165, 1.54) is 6.07 Å². The fourth-order valence-corrected chi connectivity index (χ4v) is 2.14. The minimum atomic E-state index is -0.455. The van der Waals surface area contributed by atoms with Crippen LogP contribution >= 0.6 is 0 Å². The van der Waals surface area contributed by atoms with Crippen LogP contribution in [0.15, 0.2) is 36.4 Å². The molecule has 4 nitrogen and oxygen atoms in total. The number of aliphatic hydroxyl groups is 2. The summed E-state index contributed by atoms with van der Waals surface area (Å²) in [5.41, 5.74) is 2.26. The Balaban J connectivity index is 2.21. The molecular weight excluding hydrogens is 287 g/mol. The van der Waals surface area contributed by atoms with Crippen molar-refractivity contribution < 1.29 is 24.1 Å². The van der Waals surface area contributed by atoms with Crippen LogP contribution in [0.2, 0.25) is 0 Å². The van der Waals surface area contributed by atoms with Gasteiger partial charge in [0.05, 0.1) is 13.2 Å². The molecule has 0 unspecified atom stereocenters. The van der Waals surface area contributed by atoms with Crippen molar-refractivity contribution in [1.29, 1.82) is 0 Å². The normalized spacial score (nSPS) is 10.5. The summed E-state index contributed by atoms with van der Waals surface area (Å²) >= 11 is 0. The molecular formula is C17H19FO4. The van der Waals surface area contributed by atoms with E-state index in [-0.39, 0.29) is 32.2 Å². The monoisotopic (exact) mass is 306 g/mol. The highest BCUT2D eigenvalue weighted by molar-refractivity contribution is 5.66. The first-order valence-corrected chi connectivity index (χ1v) is 7.03. The molecule has 0 spiro atoms. The van der Waals surface area contributed by atoms with Crippen molar-refractivity contribution in [2.45, 2.75) is 6.92 Å². The van der Waals surface area contributed by atoms with Gasteiger partial charge in [-0.3, -0.25) is 0 Å². The summed E-state index contributed by atoms with van der Waals surface area (Å²) in [5.74, 6) is 0.364. The molecule has 2 rings (SSSR count). The molecule has 118 valence electrons. The molecule has 0 amide bonds. The zero-order valence-corrected chi connectivity index (χ0v) is 12.4. The summed E-state index contributed by atoms with van der Waals surface area (Å²) < 4.78 is 24.6. The Kier molecular flexibility index (Phi) is 5.75.